The average Bonchev–Trinajstić information content (AvgIpc) is 2.18. The van der Waals surface area contributed by atoms with Gasteiger partial charge in [0.2, 0.25) is 0 Å². The molecule has 1 aromatic carbocycles. The minimum atomic E-state index is -10.4. The highest BCUT2D eigenvalue weighted by Gasteiger charge is 2.82. The highest BCUT2D eigenvalue weighted by Crippen LogP contribution is 3.04. The van der Waals surface area contributed by atoms with Crippen LogP contribution in [0.25, 0.3) is 5.03 Å². The minimum Gasteiger partial charge on any atom is -0.155 e. The van der Waals surface area contributed by atoms with Gasteiger partial charge in [-0.3, -0.25) is 0 Å². The van der Waals surface area contributed by atoms with Crippen molar-refractivity contribution in [3.05, 3.63) is 39.8 Å². The molecule has 0 radical (unpaired) electrons. The Labute approximate surface area is 122 Å². The Kier molecular flexibility index (Phi) is 3.73. The maximum atomic E-state index is 13.1. The number of halogens is 8. The van der Waals surface area contributed by atoms with Crippen molar-refractivity contribution in [2.24, 2.45) is 0 Å². The third-order valence-electron chi connectivity index (χ3n) is 2.92. The smallest absolute Gasteiger partial charge is 0.155 e. The van der Waals surface area contributed by atoms with Gasteiger partial charge in [-0.05, 0) is 49.1 Å². The number of aryl methyl sites for hydroxylation is 3. The van der Waals surface area contributed by atoms with Crippen molar-refractivity contribution in [3.8, 4) is 0 Å². The Bertz CT molecular complexity index is 624. The molecule has 0 N–H and O–H groups in total. The molecule has 0 aliphatic heterocycles. The first kappa shape index (κ1) is 18.2. The summed E-state index contributed by atoms with van der Waals surface area (Å²) >= 11 is 5.34. The van der Waals surface area contributed by atoms with Crippen molar-refractivity contribution in [3.63, 3.8) is 0 Å². The topological polar surface area (TPSA) is 0 Å². The molecule has 122 valence electrons. The largest absolute Gasteiger partial charge is 0.509 e. The van der Waals surface area contributed by atoms with Crippen LogP contribution in [0, 0.1) is 20.8 Å². The van der Waals surface area contributed by atoms with Crippen LogP contribution in [-0.2, 0) is 0 Å². The van der Waals surface area contributed by atoms with E-state index in [0.717, 1.165) is 5.56 Å². The molecular weight excluding hydrogens is 345 g/mol. The lowest BCUT2D eigenvalue weighted by Gasteiger charge is -2.47. The van der Waals surface area contributed by atoms with Crippen molar-refractivity contribution in [2.75, 3.05) is 0 Å². The van der Waals surface area contributed by atoms with Gasteiger partial charge >= 0.3 is 5.51 Å². The summed E-state index contributed by atoms with van der Waals surface area (Å²) in [7, 11) is -10.4. The van der Waals surface area contributed by atoms with Crippen LogP contribution >= 0.6 is 21.4 Å². The van der Waals surface area contributed by atoms with Gasteiger partial charge in [-0.25, -0.2) is 0 Å². The lowest BCUT2D eigenvalue weighted by molar-refractivity contribution is -0.0682. The molecule has 0 heterocycles. The molecule has 9 heteroatoms. The molecule has 0 amide bonds. The molecule has 1 aromatic rings. The first-order chi connectivity index (χ1) is 8.98. The van der Waals surface area contributed by atoms with E-state index in [1.165, 1.54) is 19.1 Å². The van der Waals surface area contributed by atoms with E-state index in [0.29, 0.717) is 5.56 Å². The summed E-state index contributed by atoms with van der Waals surface area (Å²) in [6.07, 6.45) is 0. The van der Waals surface area contributed by atoms with E-state index in [4.69, 9.17) is 11.6 Å². The summed E-state index contributed by atoms with van der Waals surface area (Å²) < 4.78 is 88.7. The van der Waals surface area contributed by atoms with Gasteiger partial charge in [0, 0.05) is 0 Å². The van der Waals surface area contributed by atoms with Crippen LogP contribution in [0.1, 0.15) is 22.3 Å². The fraction of sp³-hybridized carbons (Fsp3) is 0.333. The maximum Gasteiger partial charge on any atom is 0.509 e. The number of hydrogen-bond acceptors (Lipinski definition) is 0. The molecule has 21 heavy (non-hydrogen) atoms. The van der Waals surface area contributed by atoms with Gasteiger partial charge in [0.25, 0.3) is 9.84 Å². The zero-order valence-corrected chi connectivity index (χ0v) is 12.7. The number of alkyl halides is 3. The van der Waals surface area contributed by atoms with Crippen molar-refractivity contribution in [1.82, 2.24) is 0 Å². The number of benzene rings is 1. The second-order valence-corrected chi connectivity index (χ2v) is 8.17. The van der Waals surface area contributed by atoms with Crippen LogP contribution in [0.3, 0.4) is 0 Å². The van der Waals surface area contributed by atoms with Gasteiger partial charge in [-0.1, -0.05) is 17.7 Å². The number of hydrogen-bond donors (Lipinski definition) is 0. The monoisotopic (exact) mass is 356 g/mol. The second-order valence-electron chi connectivity index (χ2n) is 4.80. The molecule has 0 unspecified atom stereocenters. The molecule has 0 fully saturated rings. The van der Waals surface area contributed by atoms with E-state index in [2.05, 4.69) is 0 Å². The third-order valence-corrected chi connectivity index (χ3v) is 5.04. The van der Waals surface area contributed by atoms with E-state index in [1.54, 1.807) is 13.8 Å². The molecule has 0 nitrogen and oxygen atoms in total. The third kappa shape index (κ3) is 3.31. The summed E-state index contributed by atoms with van der Waals surface area (Å²) in [5.41, 5.74) is -5.82. The summed E-state index contributed by atoms with van der Waals surface area (Å²) in [4.78, 5) is 0. The lowest BCUT2D eigenvalue weighted by Crippen LogP contribution is -2.30. The van der Waals surface area contributed by atoms with E-state index in [9.17, 15) is 28.7 Å². The summed E-state index contributed by atoms with van der Waals surface area (Å²) in [6, 6.07) is 2.65. The first-order valence-corrected chi connectivity index (χ1v) is 8.00. The molecule has 0 aliphatic rings. The predicted molar refractivity (Wildman–Crippen MR) is 72.6 cm³/mol. The second kappa shape index (κ2) is 4.32. The van der Waals surface area contributed by atoms with Crippen molar-refractivity contribution in [2.45, 2.75) is 26.3 Å². The fourth-order valence-corrected chi connectivity index (χ4v) is 2.97. The normalized spacial score (nSPS) is 17.4. The Balaban J connectivity index is 3.59. The van der Waals surface area contributed by atoms with Crippen LogP contribution in [0.2, 0.25) is 0 Å². The Morgan fingerprint density at radius 2 is 1.38 bits per heavy atom. The minimum absolute atomic E-state index is 0.218. The van der Waals surface area contributed by atoms with E-state index in [-0.39, 0.29) is 11.1 Å². The van der Waals surface area contributed by atoms with Crippen LogP contribution in [-0.4, -0.2) is 5.51 Å². The number of rotatable bonds is 2. The Morgan fingerprint density at radius 1 is 0.952 bits per heavy atom. The van der Waals surface area contributed by atoms with Gasteiger partial charge in [0.1, 0.15) is 0 Å². The highest BCUT2D eigenvalue weighted by atomic mass is 35.5. The van der Waals surface area contributed by atoms with Crippen molar-refractivity contribution >= 4 is 26.5 Å². The van der Waals surface area contributed by atoms with Crippen LogP contribution in [0.15, 0.2) is 17.5 Å². The summed E-state index contributed by atoms with van der Waals surface area (Å²) in [6.45, 7) is 4.60. The SMILES string of the molecule is Cc1cc(C)c(/C(Cl)=C\S(F)(F)(F)(F)C(F)(F)F)cc1C. The van der Waals surface area contributed by atoms with Crippen molar-refractivity contribution in [1.29, 1.82) is 0 Å². The van der Waals surface area contributed by atoms with Gasteiger partial charge < -0.3 is 0 Å². The fourth-order valence-electron chi connectivity index (χ4n) is 1.56. The van der Waals surface area contributed by atoms with E-state index < -0.39 is 25.8 Å². The van der Waals surface area contributed by atoms with Gasteiger partial charge in [-0.15, -0.1) is 15.5 Å². The van der Waals surface area contributed by atoms with Crippen LogP contribution in [0.5, 0.6) is 0 Å². The molecule has 0 saturated heterocycles. The summed E-state index contributed by atoms with van der Waals surface area (Å²) in [5, 5.41) is -2.76. The van der Waals surface area contributed by atoms with Gasteiger partial charge in [-0.2, -0.15) is 13.2 Å². The van der Waals surface area contributed by atoms with E-state index >= 15 is 0 Å². The van der Waals surface area contributed by atoms with Gasteiger partial charge in [0.15, 0.2) is 0 Å². The predicted octanol–water partition coefficient (Wildman–Crippen LogP) is 7.08. The van der Waals surface area contributed by atoms with Crippen LogP contribution < -0.4 is 0 Å². The average molecular weight is 357 g/mol. The quantitative estimate of drug-likeness (QED) is 0.496. The lowest BCUT2D eigenvalue weighted by atomic mass is 10.0. The van der Waals surface area contributed by atoms with Crippen molar-refractivity contribution < 1.29 is 28.7 Å². The molecular formula is C12H12ClF7S. The molecule has 0 atom stereocenters. The maximum absolute atomic E-state index is 13.1. The van der Waals surface area contributed by atoms with Crippen LogP contribution in [0.4, 0.5) is 28.7 Å². The first-order valence-electron chi connectivity index (χ1n) is 5.51. The molecule has 0 bridgehead atoms. The molecule has 0 spiro atoms. The molecule has 0 aliphatic carbocycles. The molecule has 0 saturated carbocycles. The highest BCUT2D eigenvalue weighted by molar-refractivity contribution is 8.52. The molecule has 1 rings (SSSR count). The Hall–Kier alpha value is -0.890. The zero-order valence-electron chi connectivity index (χ0n) is 11.2. The van der Waals surface area contributed by atoms with Gasteiger partial charge in [0.05, 0.1) is 10.4 Å². The molecule has 0 aromatic heterocycles. The Morgan fingerprint density at radius 3 is 1.81 bits per heavy atom. The summed E-state index contributed by atoms with van der Waals surface area (Å²) in [5.74, 6) is 0. The standard InChI is InChI=1S/C12H12ClF7S/c1-7-4-9(3)10(5-8(7)2)11(13)6-21(17,18,19,20)12(14,15)16/h4-6H,1-3H3/b11-6+. The zero-order chi connectivity index (χ0) is 16.9. The van der Waals surface area contributed by atoms with E-state index in [1.807, 2.05) is 0 Å².